The van der Waals surface area contributed by atoms with Crippen LogP contribution in [0, 0.1) is 5.41 Å². The summed E-state index contributed by atoms with van der Waals surface area (Å²) in [5, 5.41) is 21.5. The van der Waals surface area contributed by atoms with E-state index in [1.54, 1.807) is 13.8 Å². The number of carbonyl (C=O) groups excluding carboxylic acids is 5. The van der Waals surface area contributed by atoms with E-state index in [0.717, 1.165) is 0 Å². The molecule has 0 aliphatic heterocycles. The van der Waals surface area contributed by atoms with Crippen LogP contribution in [0.15, 0.2) is 0 Å². The SMILES string of the molecule is CC(C)(CCO)C(=O)NCCC(NC=O)C(=O)NCC(=O)NCCCCNC(N)=O. The van der Waals surface area contributed by atoms with E-state index in [4.69, 9.17) is 10.8 Å². The fourth-order valence-electron chi connectivity index (χ4n) is 2.38. The minimum Gasteiger partial charge on any atom is -0.396 e. The molecule has 12 heteroatoms. The smallest absolute Gasteiger partial charge is 0.312 e. The van der Waals surface area contributed by atoms with Gasteiger partial charge in [0.1, 0.15) is 6.04 Å². The highest BCUT2D eigenvalue weighted by Crippen LogP contribution is 2.19. The summed E-state index contributed by atoms with van der Waals surface area (Å²) in [6.07, 6.45) is 2.08. The Balaban J connectivity index is 4.20. The molecular weight excluding hydrogens is 396 g/mol. The first kappa shape index (κ1) is 27.1. The zero-order valence-corrected chi connectivity index (χ0v) is 17.6. The van der Waals surface area contributed by atoms with Crippen molar-refractivity contribution in [3.63, 3.8) is 0 Å². The first-order valence-electron chi connectivity index (χ1n) is 9.80. The van der Waals surface area contributed by atoms with Gasteiger partial charge in [0.25, 0.3) is 0 Å². The number of aliphatic hydroxyl groups excluding tert-OH is 1. The van der Waals surface area contributed by atoms with E-state index in [0.29, 0.717) is 38.8 Å². The van der Waals surface area contributed by atoms with Crippen molar-refractivity contribution in [2.45, 2.75) is 45.6 Å². The Morgan fingerprint density at radius 3 is 2.20 bits per heavy atom. The highest BCUT2D eigenvalue weighted by molar-refractivity contribution is 5.88. The maximum absolute atomic E-state index is 12.2. The van der Waals surface area contributed by atoms with Crippen molar-refractivity contribution in [3.05, 3.63) is 0 Å². The molecule has 0 fully saturated rings. The predicted molar refractivity (Wildman–Crippen MR) is 109 cm³/mol. The molecule has 1 unspecified atom stereocenters. The van der Waals surface area contributed by atoms with Crippen molar-refractivity contribution in [1.82, 2.24) is 26.6 Å². The Bertz CT molecular complexity index is 584. The molecule has 0 aliphatic carbocycles. The minimum atomic E-state index is -0.906. The number of amides is 6. The summed E-state index contributed by atoms with van der Waals surface area (Å²) in [5.41, 5.74) is 4.18. The highest BCUT2D eigenvalue weighted by Gasteiger charge is 2.27. The Hall–Kier alpha value is -2.89. The summed E-state index contributed by atoms with van der Waals surface area (Å²) in [6, 6.07) is -1.51. The number of nitrogens with one attached hydrogen (secondary N) is 5. The molecule has 12 nitrogen and oxygen atoms in total. The van der Waals surface area contributed by atoms with Gasteiger partial charge in [-0.2, -0.15) is 0 Å². The molecule has 0 aromatic carbocycles. The molecule has 0 aliphatic rings. The summed E-state index contributed by atoms with van der Waals surface area (Å²) < 4.78 is 0. The van der Waals surface area contributed by atoms with Crippen molar-refractivity contribution < 1.29 is 29.1 Å². The van der Waals surface area contributed by atoms with Crippen LogP contribution in [-0.2, 0) is 19.2 Å². The number of hydrogen-bond donors (Lipinski definition) is 7. The van der Waals surface area contributed by atoms with Crippen LogP contribution in [0.2, 0.25) is 0 Å². The molecule has 0 saturated carbocycles. The highest BCUT2D eigenvalue weighted by atomic mass is 16.3. The van der Waals surface area contributed by atoms with Crippen LogP contribution in [-0.4, -0.2) is 74.1 Å². The molecule has 1 atom stereocenters. The second-order valence-electron chi connectivity index (χ2n) is 7.31. The Kier molecular flexibility index (Phi) is 13.6. The van der Waals surface area contributed by atoms with Crippen molar-refractivity contribution in [2.75, 3.05) is 32.8 Å². The van der Waals surface area contributed by atoms with Crippen LogP contribution < -0.4 is 32.3 Å². The third-order valence-corrected chi connectivity index (χ3v) is 4.30. The van der Waals surface area contributed by atoms with E-state index in [-0.39, 0.29) is 32.0 Å². The third-order valence-electron chi connectivity index (χ3n) is 4.30. The molecule has 0 radical (unpaired) electrons. The summed E-state index contributed by atoms with van der Waals surface area (Å²) in [5.74, 6) is -1.21. The van der Waals surface area contributed by atoms with Gasteiger partial charge in [0.15, 0.2) is 0 Å². The van der Waals surface area contributed by atoms with E-state index < -0.39 is 29.3 Å². The Labute approximate surface area is 176 Å². The maximum atomic E-state index is 12.2. The molecule has 0 spiro atoms. The van der Waals surface area contributed by atoms with Crippen molar-refractivity contribution >= 4 is 30.2 Å². The number of nitrogens with two attached hydrogens (primary N) is 1. The number of hydrogen-bond acceptors (Lipinski definition) is 6. The van der Waals surface area contributed by atoms with Crippen molar-refractivity contribution in [2.24, 2.45) is 11.1 Å². The van der Waals surface area contributed by atoms with Gasteiger partial charge in [0.05, 0.1) is 6.54 Å². The third kappa shape index (κ3) is 12.5. The fraction of sp³-hybridized carbons (Fsp3) is 0.722. The molecule has 0 rings (SSSR count). The average molecular weight is 431 g/mol. The fourth-order valence-corrected chi connectivity index (χ4v) is 2.38. The van der Waals surface area contributed by atoms with Gasteiger partial charge in [-0.1, -0.05) is 13.8 Å². The van der Waals surface area contributed by atoms with E-state index in [9.17, 15) is 24.0 Å². The van der Waals surface area contributed by atoms with Gasteiger partial charge in [0, 0.05) is 31.7 Å². The summed E-state index contributed by atoms with van der Waals surface area (Å²) in [4.78, 5) is 57.3. The van der Waals surface area contributed by atoms with E-state index in [2.05, 4.69) is 26.6 Å². The second kappa shape index (κ2) is 15.0. The molecule has 0 aromatic rings. The number of carbonyl (C=O) groups is 5. The van der Waals surface area contributed by atoms with E-state index in [1.165, 1.54) is 0 Å². The minimum absolute atomic E-state index is 0.121. The standard InChI is InChI=1S/C18H34N6O6/c1-18(2,6-10-25)16(29)21-9-5-13(24-12-26)15(28)23-11-14(27)20-7-3-4-8-22-17(19)30/h12-13,25H,3-11H2,1-2H3,(H,20,27)(H,21,29)(H,23,28)(H,24,26)(H3,19,22,30). The van der Waals surface area contributed by atoms with Gasteiger partial charge in [-0.3, -0.25) is 19.2 Å². The number of urea groups is 1. The van der Waals surface area contributed by atoms with Gasteiger partial charge >= 0.3 is 6.03 Å². The molecule has 172 valence electrons. The summed E-state index contributed by atoms with van der Waals surface area (Å²) in [6.45, 7) is 3.93. The zero-order valence-electron chi connectivity index (χ0n) is 17.6. The Morgan fingerprint density at radius 2 is 1.63 bits per heavy atom. The van der Waals surface area contributed by atoms with E-state index >= 15 is 0 Å². The van der Waals surface area contributed by atoms with Crippen LogP contribution in [0.1, 0.15) is 39.5 Å². The van der Waals surface area contributed by atoms with Crippen LogP contribution in [0.25, 0.3) is 0 Å². The van der Waals surface area contributed by atoms with Crippen LogP contribution in [0.4, 0.5) is 4.79 Å². The first-order chi connectivity index (χ1) is 14.1. The van der Waals surface area contributed by atoms with Gasteiger partial charge in [-0.15, -0.1) is 0 Å². The van der Waals surface area contributed by atoms with Crippen molar-refractivity contribution in [1.29, 1.82) is 0 Å². The lowest BCUT2D eigenvalue weighted by Gasteiger charge is -2.23. The number of unbranched alkanes of at least 4 members (excludes halogenated alkanes) is 1. The number of primary amides is 1. The van der Waals surface area contributed by atoms with E-state index in [1.807, 2.05) is 0 Å². The predicted octanol–water partition coefficient (Wildman–Crippen LogP) is -2.30. The second-order valence-corrected chi connectivity index (χ2v) is 7.31. The van der Waals surface area contributed by atoms with Gasteiger partial charge < -0.3 is 37.4 Å². The first-order valence-corrected chi connectivity index (χ1v) is 9.80. The molecule has 0 saturated heterocycles. The van der Waals surface area contributed by atoms with Crippen LogP contribution in [0.3, 0.4) is 0 Å². The zero-order chi connectivity index (χ0) is 23.0. The van der Waals surface area contributed by atoms with Gasteiger partial charge in [-0.25, -0.2) is 4.79 Å². The maximum Gasteiger partial charge on any atom is 0.312 e. The molecule has 8 N–H and O–H groups in total. The van der Waals surface area contributed by atoms with Gasteiger partial charge in [-0.05, 0) is 25.7 Å². The number of aliphatic hydroxyl groups is 1. The molecule has 0 aromatic heterocycles. The van der Waals surface area contributed by atoms with Crippen LogP contribution >= 0.6 is 0 Å². The average Bonchev–Trinajstić information content (AvgIpc) is 2.67. The Morgan fingerprint density at radius 1 is 1.00 bits per heavy atom. The molecule has 6 amide bonds. The quantitative estimate of drug-likeness (QED) is 0.106. The number of rotatable bonds is 16. The monoisotopic (exact) mass is 430 g/mol. The lowest BCUT2D eigenvalue weighted by Crippen LogP contribution is -2.48. The van der Waals surface area contributed by atoms with Crippen LogP contribution in [0.5, 0.6) is 0 Å². The lowest BCUT2D eigenvalue weighted by molar-refractivity contribution is -0.130. The van der Waals surface area contributed by atoms with Crippen molar-refractivity contribution in [3.8, 4) is 0 Å². The summed E-state index contributed by atoms with van der Waals surface area (Å²) >= 11 is 0. The molecule has 0 bridgehead atoms. The molecular formula is C18H34N6O6. The summed E-state index contributed by atoms with van der Waals surface area (Å²) in [7, 11) is 0. The lowest BCUT2D eigenvalue weighted by atomic mass is 9.88. The topological polar surface area (TPSA) is 192 Å². The molecule has 30 heavy (non-hydrogen) atoms. The normalized spacial score (nSPS) is 11.7. The van der Waals surface area contributed by atoms with Gasteiger partial charge in [0.2, 0.25) is 24.1 Å². The largest absolute Gasteiger partial charge is 0.396 e. The molecule has 0 heterocycles.